The van der Waals surface area contributed by atoms with E-state index in [1.165, 1.54) is 46.8 Å². The largest absolute Gasteiger partial charge is 0.467 e. The SMILES string of the molecule is CC1(C)c2ccccc2N2Cc3cc(N=Nc4ccc([N+](=O)[O-])cc4)ccc3O[C@]21C.CC1(C)c2ccccc2N2Cc3cc(N=Nc4ccc([N+](=O)[O-])cc4)ccc3O[C@]21C. The first-order valence-electron chi connectivity index (χ1n) is 20.3. The number of fused-ring (bicyclic) bond motifs is 8. The summed E-state index contributed by atoms with van der Waals surface area (Å²) in [5.41, 5.74) is 8.32. The molecule has 62 heavy (non-hydrogen) atoms. The average molecular weight is 829 g/mol. The first kappa shape index (κ1) is 40.0. The van der Waals surface area contributed by atoms with Crippen molar-refractivity contribution in [1.82, 2.24) is 0 Å². The zero-order chi connectivity index (χ0) is 43.6. The minimum Gasteiger partial charge on any atom is -0.467 e. The second-order valence-electron chi connectivity index (χ2n) is 17.2. The van der Waals surface area contributed by atoms with Gasteiger partial charge in [-0.2, -0.15) is 20.5 Å². The topological polar surface area (TPSA) is 161 Å². The van der Waals surface area contributed by atoms with Gasteiger partial charge < -0.3 is 19.3 Å². The van der Waals surface area contributed by atoms with Crippen LogP contribution in [-0.2, 0) is 23.9 Å². The molecule has 0 unspecified atom stereocenters. The third-order valence-corrected chi connectivity index (χ3v) is 13.1. The van der Waals surface area contributed by atoms with Crippen LogP contribution < -0.4 is 19.3 Å². The lowest BCUT2D eigenvalue weighted by atomic mass is 9.78. The van der Waals surface area contributed by atoms with Gasteiger partial charge in [0.05, 0.1) is 56.5 Å². The van der Waals surface area contributed by atoms with Crippen LogP contribution in [-0.4, -0.2) is 21.3 Å². The predicted molar refractivity (Wildman–Crippen MR) is 237 cm³/mol. The number of nitrogens with zero attached hydrogens (tertiary/aromatic N) is 8. The van der Waals surface area contributed by atoms with Crippen molar-refractivity contribution >= 4 is 45.5 Å². The molecule has 6 aromatic rings. The van der Waals surface area contributed by atoms with E-state index in [4.69, 9.17) is 9.47 Å². The molecule has 312 valence electrons. The van der Waals surface area contributed by atoms with E-state index in [0.29, 0.717) is 35.8 Å². The Hall–Kier alpha value is -7.48. The number of benzene rings is 6. The molecule has 0 spiro atoms. The summed E-state index contributed by atoms with van der Waals surface area (Å²) < 4.78 is 13.2. The predicted octanol–water partition coefficient (Wildman–Crippen LogP) is 12.8. The zero-order valence-corrected chi connectivity index (χ0v) is 35.1. The highest BCUT2D eigenvalue weighted by molar-refractivity contribution is 5.69. The van der Waals surface area contributed by atoms with Crippen LogP contribution in [0.5, 0.6) is 11.5 Å². The number of non-ortho nitro benzene ring substituents is 2. The van der Waals surface area contributed by atoms with E-state index in [0.717, 1.165) is 22.6 Å². The summed E-state index contributed by atoms with van der Waals surface area (Å²) in [6.07, 6.45) is 0. The number of nitro benzene ring substituents is 2. The first-order chi connectivity index (χ1) is 29.6. The molecule has 10 rings (SSSR count). The van der Waals surface area contributed by atoms with E-state index in [2.05, 4.69) is 120 Å². The summed E-state index contributed by atoms with van der Waals surface area (Å²) in [6, 6.07) is 40.5. The van der Waals surface area contributed by atoms with E-state index in [-0.39, 0.29) is 22.2 Å². The van der Waals surface area contributed by atoms with Crippen LogP contribution in [0.25, 0.3) is 0 Å². The van der Waals surface area contributed by atoms with E-state index < -0.39 is 21.3 Å². The fraction of sp³-hybridized carbons (Fsp3) is 0.250. The molecular weight excluding hydrogens is 785 g/mol. The Morgan fingerprint density at radius 2 is 0.823 bits per heavy atom. The average Bonchev–Trinajstić information content (AvgIpc) is 3.55. The summed E-state index contributed by atoms with van der Waals surface area (Å²) in [6.45, 7) is 14.6. The maximum Gasteiger partial charge on any atom is 0.269 e. The molecule has 0 bridgehead atoms. The second kappa shape index (κ2) is 14.6. The Morgan fingerprint density at radius 3 is 1.19 bits per heavy atom. The molecule has 14 nitrogen and oxygen atoms in total. The van der Waals surface area contributed by atoms with Gasteiger partial charge in [-0.25, -0.2) is 0 Å². The number of hydrogen-bond donors (Lipinski definition) is 0. The summed E-state index contributed by atoms with van der Waals surface area (Å²) >= 11 is 0. The van der Waals surface area contributed by atoms with Gasteiger partial charge in [-0.1, -0.05) is 36.4 Å². The molecule has 0 saturated carbocycles. The molecule has 2 atom stereocenters. The van der Waals surface area contributed by atoms with Gasteiger partial charge in [0.25, 0.3) is 11.4 Å². The number of rotatable bonds is 6. The Labute approximate surface area is 358 Å². The highest BCUT2D eigenvalue weighted by atomic mass is 16.6. The normalized spacial score (nSPS) is 20.7. The van der Waals surface area contributed by atoms with Gasteiger partial charge in [0, 0.05) is 46.8 Å². The maximum absolute atomic E-state index is 10.8. The Bertz CT molecular complexity index is 2630. The maximum atomic E-state index is 10.8. The molecule has 0 aliphatic carbocycles. The Kier molecular flexibility index (Phi) is 9.41. The molecular formula is C48H44N8O6. The van der Waals surface area contributed by atoms with E-state index >= 15 is 0 Å². The molecule has 6 aromatic carbocycles. The second-order valence-corrected chi connectivity index (χ2v) is 17.2. The monoisotopic (exact) mass is 828 g/mol. The summed E-state index contributed by atoms with van der Waals surface area (Å²) in [5, 5.41) is 38.6. The summed E-state index contributed by atoms with van der Waals surface area (Å²) in [4.78, 5) is 25.3. The molecule has 4 aliphatic rings. The van der Waals surface area contributed by atoms with Gasteiger partial charge in [0.15, 0.2) is 11.4 Å². The third-order valence-electron chi connectivity index (χ3n) is 13.1. The molecule has 14 heteroatoms. The van der Waals surface area contributed by atoms with Crippen molar-refractivity contribution in [3.8, 4) is 11.5 Å². The van der Waals surface area contributed by atoms with Crippen LogP contribution in [0, 0.1) is 20.2 Å². The van der Waals surface area contributed by atoms with Gasteiger partial charge in [0.1, 0.15) is 11.5 Å². The molecule has 0 aromatic heterocycles. The summed E-state index contributed by atoms with van der Waals surface area (Å²) in [5.74, 6) is 1.71. The molecule has 0 radical (unpaired) electrons. The van der Waals surface area contributed by atoms with Crippen LogP contribution in [0.1, 0.15) is 63.8 Å². The number of nitro groups is 2. The lowest BCUT2D eigenvalue weighted by molar-refractivity contribution is -0.385. The van der Waals surface area contributed by atoms with Gasteiger partial charge in [-0.3, -0.25) is 20.2 Å². The highest BCUT2D eigenvalue weighted by Gasteiger charge is 2.59. The van der Waals surface area contributed by atoms with Gasteiger partial charge >= 0.3 is 0 Å². The number of anilines is 2. The van der Waals surface area contributed by atoms with Gasteiger partial charge in [0.2, 0.25) is 0 Å². The molecule has 4 aliphatic heterocycles. The van der Waals surface area contributed by atoms with Crippen LogP contribution >= 0.6 is 0 Å². The van der Waals surface area contributed by atoms with Crippen molar-refractivity contribution in [2.24, 2.45) is 20.5 Å². The minimum absolute atomic E-state index is 0.0294. The molecule has 0 N–H and O–H groups in total. The van der Waals surface area contributed by atoms with Gasteiger partial charge in [-0.05, 0) is 125 Å². The van der Waals surface area contributed by atoms with E-state index in [9.17, 15) is 20.2 Å². The molecule has 4 heterocycles. The van der Waals surface area contributed by atoms with Crippen LogP contribution in [0.2, 0.25) is 0 Å². The highest BCUT2D eigenvalue weighted by Crippen LogP contribution is 2.57. The molecule has 0 saturated heterocycles. The number of hydrogen-bond acceptors (Lipinski definition) is 12. The minimum atomic E-state index is -0.481. The van der Waals surface area contributed by atoms with Crippen molar-refractivity contribution in [1.29, 1.82) is 0 Å². The van der Waals surface area contributed by atoms with E-state index in [1.54, 1.807) is 24.3 Å². The number of para-hydroxylation sites is 2. The third kappa shape index (κ3) is 6.49. The standard InChI is InChI=1S/2C24H22N4O3/c2*1-23(2)20-6-4-5-7-21(20)27-15-16-14-18(10-13-22(16)31-24(23,27)3)26-25-17-8-11-19(12-9-17)28(29)30/h2*4-14H,15H2,1-3H3/t2*24-/m00/s1. The fourth-order valence-corrected chi connectivity index (χ4v) is 8.93. The summed E-state index contributed by atoms with van der Waals surface area (Å²) in [7, 11) is 0. The van der Waals surface area contributed by atoms with Crippen molar-refractivity contribution < 1.29 is 19.3 Å². The molecule has 0 amide bonds. The van der Waals surface area contributed by atoms with Crippen LogP contribution in [0.4, 0.5) is 45.5 Å². The smallest absolute Gasteiger partial charge is 0.269 e. The van der Waals surface area contributed by atoms with Crippen molar-refractivity contribution in [2.75, 3.05) is 9.80 Å². The van der Waals surface area contributed by atoms with Crippen molar-refractivity contribution in [3.05, 3.63) is 176 Å². The van der Waals surface area contributed by atoms with Crippen LogP contribution in [0.3, 0.4) is 0 Å². The number of azo groups is 2. The zero-order valence-electron chi connectivity index (χ0n) is 35.1. The molecule has 0 fully saturated rings. The lowest BCUT2D eigenvalue weighted by Gasteiger charge is -2.48. The van der Waals surface area contributed by atoms with E-state index in [1.807, 2.05) is 36.4 Å². The lowest BCUT2D eigenvalue weighted by Crippen LogP contribution is -2.59. The first-order valence-corrected chi connectivity index (χ1v) is 20.3. The fourth-order valence-electron chi connectivity index (χ4n) is 8.93. The van der Waals surface area contributed by atoms with Crippen molar-refractivity contribution in [3.63, 3.8) is 0 Å². The van der Waals surface area contributed by atoms with Crippen LogP contribution in [0.15, 0.2) is 154 Å². The Balaban J connectivity index is 0.000000158. The Morgan fingerprint density at radius 1 is 0.484 bits per heavy atom. The quantitative estimate of drug-likeness (QED) is 0.0910. The number of ether oxygens (including phenoxy) is 2. The van der Waals surface area contributed by atoms with Gasteiger partial charge in [-0.15, -0.1) is 0 Å². The van der Waals surface area contributed by atoms with Crippen molar-refractivity contribution in [2.45, 2.75) is 76.9 Å².